The smallest absolute Gasteiger partial charge is 0.123 e. The van der Waals surface area contributed by atoms with Crippen molar-refractivity contribution in [3.05, 3.63) is 29.8 Å². The molecule has 0 amide bonds. The van der Waals surface area contributed by atoms with Gasteiger partial charge in [0.1, 0.15) is 5.75 Å². The van der Waals surface area contributed by atoms with Gasteiger partial charge in [0.15, 0.2) is 0 Å². The molecule has 0 bridgehead atoms. The van der Waals surface area contributed by atoms with E-state index in [0.29, 0.717) is 6.54 Å². The van der Waals surface area contributed by atoms with Crippen LogP contribution in [0.5, 0.6) is 5.75 Å². The van der Waals surface area contributed by atoms with Gasteiger partial charge in [0.2, 0.25) is 0 Å². The Morgan fingerprint density at radius 2 is 2.15 bits per heavy atom. The molecule has 0 saturated carbocycles. The Labute approximate surface area is 123 Å². The van der Waals surface area contributed by atoms with Crippen LogP contribution < -0.4 is 10.5 Å². The molecule has 20 heavy (non-hydrogen) atoms. The number of nitrogens with two attached hydrogens (primary N) is 1. The zero-order valence-electron chi connectivity index (χ0n) is 12.8. The fourth-order valence-corrected chi connectivity index (χ4v) is 2.89. The zero-order chi connectivity index (χ0) is 14.4. The molecular formula is C17H28N2O. The average molecular weight is 276 g/mol. The third-order valence-corrected chi connectivity index (χ3v) is 4.32. The van der Waals surface area contributed by atoms with Crippen molar-refractivity contribution >= 4 is 0 Å². The molecule has 1 heterocycles. The summed E-state index contributed by atoms with van der Waals surface area (Å²) in [5.41, 5.74) is 6.80. The predicted octanol–water partition coefficient (Wildman–Crippen LogP) is 2.89. The van der Waals surface area contributed by atoms with Crippen molar-refractivity contribution in [2.45, 2.75) is 33.2 Å². The van der Waals surface area contributed by atoms with E-state index in [1.807, 2.05) is 24.3 Å². The minimum atomic E-state index is 0.540. The van der Waals surface area contributed by atoms with Crippen LogP contribution in [0.2, 0.25) is 0 Å². The van der Waals surface area contributed by atoms with Crippen LogP contribution in [0.25, 0.3) is 0 Å². The molecule has 2 rings (SSSR count). The van der Waals surface area contributed by atoms with E-state index < -0.39 is 0 Å². The minimum absolute atomic E-state index is 0.540. The van der Waals surface area contributed by atoms with E-state index in [1.165, 1.54) is 19.5 Å². The van der Waals surface area contributed by atoms with E-state index in [2.05, 4.69) is 18.7 Å². The number of rotatable bonds is 7. The molecule has 1 saturated heterocycles. The van der Waals surface area contributed by atoms with Crippen molar-refractivity contribution in [1.82, 2.24) is 4.90 Å². The van der Waals surface area contributed by atoms with Crippen LogP contribution in [-0.2, 0) is 6.54 Å². The highest BCUT2D eigenvalue weighted by Gasteiger charge is 2.24. The summed E-state index contributed by atoms with van der Waals surface area (Å²) in [4.78, 5) is 2.57. The van der Waals surface area contributed by atoms with Gasteiger partial charge in [0.25, 0.3) is 0 Å². The summed E-state index contributed by atoms with van der Waals surface area (Å²) in [6.45, 7) is 9.65. The predicted molar refractivity (Wildman–Crippen MR) is 83.8 cm³/mol. The topological polar surface area (TPSA) is 38.5 Å². The molecule has 112 valence electrons. The largest absolute Gasteiger partial charge is 0.493 e. The van der Waals surface area contributed by atoms with E-state index in [-0.39, 0.29) is 0 Å². The number of likely N-dealkylation sites (tertiary alicyclic amines) is 1. The van der Waals surface area contributed by atoms with Crippen molar-refractivity contribution < 1.29 is 4.74 Å². The maximum atomic E-state index is 5.86. The second-order valence-electron chi connectivity index (χ2n) is 6.11. The van der Waals surface area contributed by atoms with Gasteiger partial charge in [-0.05, 0) is 37.3 Å². The normalized spacial score (nSPS) is 19.7. The number of para-hydroxylation sites is 1. The SMILES string of the molecule is CC(C)C1CCN(CCCOc2ccccc2CN)C1. The van der Waals surface area contributed by atoms with Crippen molar-refractivity contribution in [3.63, 3.8) is 0 Å². The molecule has 1 unspecified atom stereocenters. The minimum Gasteiger partial charge on any atom is -0.493 e. The third-order valence-electron chi connectivity index (χ3n) is 4.32. The average Bonchev–Trinajstić information content (AvgIpc) is 2.93. The summed E-state index contributed by atoms with van der Waals surface area (Å²) in [5.74, 6) is 2.64. The molecule has 3 heteroatoms. The second kappa shape index (κ2) is 7.65. The van der Waals surface area contributed by atoms with Crippen molar-refractivity contribution in [2.75, 3.05) is 26.2 Å². The second-order valence-corrected chi connectivity index (χ2v) is 6.11. The molecule has 1 aromatic carbocycles. The van der Waals surface area contributed by atoms with E-state index >= 15 is 0 Å². The van der Waals surface area contributed by atoms with Gasteiger partial charge in [-0.1, -0.05) is 32.0 Å². The van der Waals surface area contributed by atoms with Crippen LogP contribution >= 0.6 is 0 Å². The van der Waals surface area contributed by atoms with Crippen LogP contribution in [0.1, 0.15) is 32.3 Å². The van der Waals surface area contributed by atoms with Crippen molar-refractivity contribution in [2.24, 2.45) is 17.6 Å². The van der Waals surface area contributed by atoms with Gasteiger partial charge in [-0.2, -0.15) is 0 Å². The Morgan fingerprint density at radius 1 is 1.35 bits per heavy atom. The molecule has 0 aliphatic carbocycles. The summed E-state index contributed by atoms with van der Waals surface area (Å²) < 4.78 is 5.86. The number of ether oxygens (including phenoxy) is 1. The Morgan fingerprint density at radius 3 is 2.85 bits per heavy atom. The highest BCUT2D eigenvalue weighted by molar-refractivity contribution is 5.32. The lowest BCUT2D eigenvalue weighted by atomic mass is 9.95. The fourth-order valence-electron chi connectivity index (χ4n) is 2.89. The molecule has 0 aromatic heterocycles. The number of nitrogens with zero attached hydrogens (tertiary/aromatic N) is 1. The van der Waals surface area contributed by atoms with E-state index in [1.54, 1.807) is 0 Å². The van der Waals surface area contributed by atoms with Crippen LogP contribution in [0.15, 0.2) is 24.3 Å². The van der Waals surface area contributed by atoms with E-state index in [9.17, 15) is 0 Å². The molecule has 3 nitrogen and oxygen atoms in total. The summed E-state index contributed by atoms with van der Waals surface area (Å²) in [6.07, 6.45) is 2.44. The Balaban J connectivity index is 1.67. The number of benzene rings is 1. The molecule has 1 aliphatic heterocycles. The van der Waals surface area contributed by atoms with Crippen LogP contribution in [0, 0.1) is 11.8 Å². The van der Waals surface area contributed by atoms with Crippen LogP contribution in [0.3, 0.4) is 0 Å². The summed E-state index contributed by atoms with van der Waals surface area (Å²) in [6, 6.07) is 8.05. The quantitative estimate of drug-likeness (QED) is 0.778. The fraction of sp³-hybridized carbons (Fsp3) is 0.647. The molecule has 0 spiro atoms. The number of hydrogen-bond donors (Lipinski definition) is 1. The molecule has 2 N–H and O–H groups in total. The Hall–Kier alpha value is -1.06. The van der Waals surface area contributed by atoms with Gasteiger partial charge in [-0.25, -0.2) is 0 Å². The van der Waals surface area contributed by atoms with Gasteiger partial charge in [-0.3, -0.25) is 0 Å². The van der Waals surface area contributed by atoms with Gasteiger partial charge in [-0.15, -0.1) is 0 Å². The lowest BCUT2D eigenvalue weighted by Crippen LogP contribution is -2.24. The van der Waals surface area contributed by atoms with Gasteiger partial charge in [0, 0.05) is 25.2 Å². The van der Waals surface area contributed by atoms with Crippen molar-refractivity contribution in [3.8, 4) is 5.75 Å². The molecule has 1 fully saturated rings. The van der Waals surface area contributed by atoms with Crippen molar-refractivity contribution in [1.29, 1.82) is 0 Å². The van der Waals surface area contributed by atoms with Crippen LogP contribution in [-0.4, -0.2) is 31.1 Å². The molecule has 1 aliphatic rings. The lowest BCUT2D eigenvalue weighted by molar-refractivity contribution is 0.251. The highest BCUT2D eigenvalue weighted by atomic mass is 16.5. The summed E-state index contributed by atoms with van der Waals surface area (Å²) in [5, 5.41) is 0. The first kappa shape index (κ1) is 15.3. The molecule has 0 radical (unpaired) electrons. The zero-order valence-corrected chi connectivity index (χ0v) is 12.8. The standard InChI is InChI=1S/C17H28N2O/c1-14(2)16-8-10-19(13-16)9-5-11-20-17-7-4-3-6-15(17)12-18/h3-4,6-7,14,16H,5,8-13,18H2,1-2H3. The van der Waals surface area contributed by atoms with Gasteiger partial charge < -0.3 is 15.4 Å². The molecule has 1 aromatic rings. The van der Waals surface area contributed by atoms with Gasteiger partial charge in [0.05, 0.1) is 6.61 Å². The summed E-state index contributed by atoms with van der Waals surface area (Å²) >= 11 is 0. The van der Waals surface area contributed by atoms with Gasteiger partial charge >= 0.3 is 0 Å². The molecule has 1 atom stereocenters. The lowest BCUT2D eigenvalue weighted by Gasteiger charge is -2.18. The summed E-state index contributed by atoms with van der Waals surface area (Å²) in [7, 11) is 0. The Kier molecular flexibility index (Phi) is 5.86. The van der Waals surface area contributed by atoms with E-state index in [4.69, 9.17) is 10.5 Å². The number of hydrogen-bond acceptors (Lipinski definition) is 3. The first-order chi connectivity index (χ1) is 9.70. The maximum Gasteiger partial charge on any atom is 0.123 e. The first-order valence-corrected chi connectivity index (χ1v) is 7.84. The van der Waals surface area contributed by atoms with E-state index in [0.717, 1.165) is 42.7 Å². The monoisotopic (exact) mass is 276 g/mol. The molecular weight excluding hydrogens is 248 g/mol. The maximum absolute atomic E-state index is 5.86. The highest BCUT2D eigenvalue weighted by Crippen LogP contribution is 2.23. The third kappa shape index (κ3) is 4.22. The van der Waals surface area contributed by atoms with Crippen LogP contribution in [0.4, 0.5) is 0 Å². The Bertz CT molecular complexity index is 406. The first-order valence-electron chi connectivity index (χ1n) is 7.84.